The molecule has 1 aromatic carbocycles. The van der Waals surface area contributed by atoms with Crippen molar-refractivity contribution in [3.63, 3.8) is 0 Å². The standard InChI is InChI=1S/C15H15F2N3O/c16-10-2-3-13(17)12(6-10)14-7-11(21)8-20(14)9-15-18-4-1-5-19-15/h1-6,11,14,21H,7-9H2/t11-,14+/m0/s1. The number of benzene rings is 1. The molecule has 0 aliphatic carbocycles. The van der Waals surface area contributed by atoms with Crippen molar-refractivity contribution in [3.8, 4) is 0 Å². The van der Waals surface area contributed by atoms with E-state index < -0.39 is 17.7 Å². The van der Waals surface area contributed by atoms with Gasteiger partial charge in [0, 0.05) is 30.5 Å². The van der Waals surface area contributed by atoms with Gasteiger partial charge in [-0.2, -0.15) is 0 Å². The summed E-state index contributed by atoms with van der Waals surface area (Å²) in [5, 5.41) is 9.87. The fourth-order valence-corrected chi connectivity index (χ4v) is 2.74. The summed E-state index contributed by atoms with van der Waals surface area (Å²) in [6.07, 6.45) is 3.06. The molecule has 2 aromatic rings. The maximum atomic E-state index is 14.0. The van der Waals surface area contributed by atoms with Crippen LogP contribution >= 0.6 is 0 Å². The Bertz CT molecular complexity index is 624. The Morgan fingerprint density at radius 2 is 2.00 bits per heavy atom. The van der Waals surface area contributed by atoms with E-state index >= 15 is 0 Å². The summed E-state index contributed by atoms with van der Waals surface area (Å²) in [5.41, 5.74) is 0.266. The first-order chi connectivity index (χ1) is 10.1. The Hall–Kier alpha value is -1.92. The van der Waals surface area contributed by atoms with Gasteiger partial charge in [0.15, 0.2) is 0 Å². The van der Waals surface area contributed by atoms with E-state index in [0.29, 0.717) is 25.3 Å². The maximum absolute atomic E-state index is 14.0. The van der Waals surface area contributed by atoms with Crippen LogP contribution in [0.3, 0.4) is 0 Å². The zero-order chi connectivity index (χ0) is 14.8. The van der Waals surface area contributed by atoms with Gasteiger partial charge < -0.3 is 5.11 Å². The topological polar surface area (TPSA) is 49.2 Å². The molecule has 0 spiro atoms. The number of aromatic nitrogens is 2. The van der Waals surface area contributed by atoms with E-state index in [1.807, 2.05) is 4.90 Å². The summed E-state index contributed by atoms with van der Waals surface area (Å²) in [6, 6.07) is 4.74. The molecule has 0 saturated carbocycles. The Morgan fingerprint density at radius 1 is 1.24 bits per heavy atom. The van der Waals surface area contributed by atoms with Crippen molar-refractivity contribution in [2.75, 3.05) is 6.54 Å². The molecule has 2 heterocycles. The normalized spacial score (nSPS) is 22.6. The minimum atomic E-state index is -0.568. The van der Waals surface area contributed by atoms with Crippen LogP contribution in [-0.4, -0.2) is 32.6 Å². The van der Waals surface area contributed by atoms with Crippen LogP contribution in [0.15, 0.2) is 36.7 Å². The van der Waals surface area contributed by atoms with E-state index in [9.17, 15) is 13.9 Å². The predicted octanol–water partition coefficient (Wildman–Crippen LogP) is 2.06. The summed E-state index contributed by atoms with van der Waals surface area (Å²) in [4.78, 5) is 10.1. The number of rotatable bonds is 3. The second kappa shape index (κ2) is 5.83. The summed E-state index contributed by atoms with van der Waals surface area (Å²) in [5.74, 6) is -0.355. The number of hydrogen-bond acceptors (Lipinski definition) is 4. The molecular formula is C15H15F2N3O. The van der Waals surface area contributed by atoms with Gasteiger partial charge in [0.25, 0.3) is 0 Å². The average Bonchev–Trinajstić information content (AvgIpc) is 2.83. The van der Waals surface area contributed by atoms with Gasteiger partial charge in [-0.25, -0.2) is 18.7 Å². The SMILES string of the molecule is O[C@H]1C[C@H](c2cc(F)ccc2F)N(Cc2ncccn2)C1. The molecule has 1 aliphatic heterocycles. The third-order valence-electron chi connectivity index (χ3n) is 3.66. The third-order valence-corrected chi connectivity index (χ3v) is 3.66. The Balaban J connectivity index is 1.87. The lowest BCUT2D eigenvalue weighted by molar-refractivity contribution is 0.171. The fourth-order valence-electron chi connectivity index (χ4n) is 2.74. The van der Waals surface area contributed by atoms with Crippen molar-refractivity contribution < 1.29 is 13.9 Å². The lowest BCUT2D eigenvalue weighted by atomic mass is 10.0. The number of hydrogen-bond donors (Lipinski definition) is 1. The van der Waals surface area contributed by atoms with Crippen LogP contribution in [0, 0.1) is 11.6 Å². The molecular weight excluding hydrogens is 276 g/mol. The summed E-state index contributed by atoms with van der Waals surface area (Å²) >= 11 is 0. The molecule has 1 N–H and O–H groups in total. The van der Waals surface area contributed by atoms with Gasteiger partial charge in [-0.05, 0) is 30.7 Å². The van der Waals surface area contributed by atoms with Gasteiger partial charge in [-0.1, -0.05) is 0 Å². The largest absolute Gasteiger partial charge is 0.392 e. The van der Waals surface area contributed by atoms with Crippen LogP contribution in [0.25, 0.3) is 0 Å². The van der Waals surface area contributed by atoms with Crippen LogP contribution in [-0.2, 0) is 6.54 Å². The van der Waals surface area contributed by atoms with E-state index in [0.717, 1.165) is 12.1 Å². The van der Waals surface area contributed by atoms with E-state index in [-0.39, 0.29) is 11.6 Å². The van der Waals surface area contributed by atoms with Crippen LogP contribution in [0.5, 0.6) is 0 Å². The van der Waals surface area contributed by atoms with E-state index in [2.05, 4.69) is 9.97 Å². The molecule has 4 nitrogen and oxygen atoms in total. The molecule has 0 amide bonds. The Kier molecular flexibility index (Phi) is 3.90. The fraction of sp³-hybridized carbons (Fsp3) is 0.333. The first kappa shape index (κ1) is 14.0. The lowest BCUT2D eigenvalue weighted by Crippen LogP contribution is -2.26. The van der Waals surface area contributed by atoms with Crippen LogP contribution in [0.1, 0.15) is 23.9 Å². The van der Waals surface area contributed by atoms with Crippen molar-refractivity contribution in [2.24, 2.45) is 0 Å². The number of aliphatic hydroxyl groups is 1. The molecule has 1 aliphatic rings. The quantitative estimate of drug-likeness (QED) is 0.940. The molecule has 0 radical (unpaired) electrons. The van der Waals surface area contributed by atoms with Crippen LogP contribution in [0.4, 0.5) is 8.78 Å². The minimum absolute atomic E-state index is 0.266. The molecule has 0 unspecified atom stereocenters. The molecule has 0 bridgehead atoms. The van der Waals surface area contributed by atoms with Gasteiger partial charge >= 0.3 is 0 Å². The molecule has 6 heteroatoms. The van der Waals surface area contributed by atoms with Crippen molar-refractivity contribution >= 4 is 0 Å². The van der Waals surface area contributed by atoms with Crippen molar-refractivity contribution in [3.05, 3.63) is 59.7 Å². The first-order valence-corrected chi connectivity index (χ1v) is 6.76. The number of halogens is 2. The van der Waals surface area contributed by atoms with Gasteiger partial charge in [0.05, 0.1) is 12.6 Å². The summed E-state index contributed by atoms with van der Waals surface area (Å²) in [7, 11) is 0. The maximum Gasteiger partial charge on any atom is 0.142 e. The zero-order valence-corrected chi connectivity index (χ0v) is 11.3. The molecule has 3 rings (SSSR count). The predicted molar refractivity (Wildman–Crippen MR) is 72.2 cm³/mol. The molecule has 1 fully saturated rings. The highest BCUT2D eigenvalue weighted by Gasteiger charge is 2.34. The highest BCUT2D eigenvalue weighted by atomic mass is 19.1. The summed E-state index contributed by atoms with van der Waals surface area (Å²) < 4.78 is 27.3. The van der Waals surface area contributed by atoms with Gasteiger partial charge in [-0.3, -0.25) is 4.90 Å². The smallest absolute Gasteiger partial charge is 0.142 e. The minimum Gasteiger partial charge on any atom is -0.392 e. The third kappa shape index (κ3) is 3.06. The second-order valence-electron chi connectivity index (χ2n) is 5.17. The molecule has 1 saturated heterocycles. The second-order valence-corrected chi connectivity index (χ2v) is 5.17. The zero-order valence-electron chi connectivity index (χ0n) is 11.3. The lowest BCUT2D eigenvalue weighted by Gasteiger charge is -2.24. The highest BCUT2D eigenvalue weighted by Crippen LogP contribution is 2.34. The number of aliphatic hydroxyl groups excluding tert-OH is 1. The molecule has 2 atom stereocenters. The van der Waals surface area contributed by atoms with Crippen molar-refractivity contribution in [2.45, 2.75) is 25.1 Å². The molecule has 21 heavy (non-hydrogen) atoms. The summed E-state index contributed by atoms with van der Waals surface area (Å²) in [6.45, 7) is 0.775. The Morgan fingerprint density at radius 3 is 2.76 bits per heavy atom. The number of likely N-dealkylation sites (tertiary alicyclic amines) is 1. The van der Waals surface area contributed by atoms with Crippen LogP contribution in [0.2, 0.25) is 0 Å². The van der Waals surface area contributed by atoms with Crippen molar-refractivity contribution in [1.29, 1.82) is 0 Å². The van der Waals surface area contributed by atoms with Gasteiger partial charge in [0.2, 0.25) is 0 Å². The van der Waals surface area contributed by atoms with Gasteiger partial charge in [-0.15, -0.1) is 0 Å². The van der Waals surface area contributed by atoms with E-state index in [1.165, 1.54) is 6.07 Å². The van der Waals surface area contributed by atoms with E-state index in [1.54, 1.807) is 18.5 Å². The Labute approximate surface area is 121 Å². The van der Waals surface area contributed by atoms with Gasteiger partial charge in [0.1, 0.15) is 17.5 Å². The molecule has 1 aromatic heterocycles. The highest BCUT2D eigenvalue weighted by molar-refractivity contribution is 5.24. The van der Waals surface area contributed by atoms with E-state index in [4.69, 9.17) is 0 Å². The average molecular weight is 291 g/mol. The van der Waals surface area contributed by atoms with Crippen LogP contribution < -0.4 is 0 Å². The first-order valence-electron chi connectivity index (χ1n) is 6.76. The molecule has 110 valence electrons. The van der Waals surface area contributed by atoms with Crippen molar-refractivity contribution in [1.82, 2.24) is 14.9 Å². The number of nitrogens with zero attached hydrogens (tertiary/aromatic N) is 3. The monoisotopic (exact) mass is 291 g/mol. The number of β-amino-alcohol motifs (C(OH)–C–C–N with tert-alkyl or cyclic N) is 1.